The van der Waals surface area contributed by atoms with Gasteiger partial charge in [0.05, 0.1) is 24.4 Å². The summed E-state index contributed by atoms with van der Waals surface area (Å²) in [6.07, 6.45) is 0. The molecule has 108 valence electrons. The molecule has 0 aliphatic carbocycles. The second-order valence-electron chi connectivity index (χ2n) is 4.07. The number of hydrogen-bond acceptors (Lipinski definition) is 4. The first-order valence-electron chi connectivity index (χ1n) is 5.86. The summed E-state index contributed by atoms with van der Waals surface area (Å²) in [7, 11) is 2.97. The molecule has 0 bridgehead atoms. The van der Waals surface area contributed by atoms with Gasteiger partial charge in [-0.15, -0.1) is 0 Å². The van der Waals surface area contributed by atoms with Gasteiger partial charge in [0, 0.05) is 20.7 Å². The number of rotatable bonds is 6. The van der Waals surface area contributed by atoms with Crippen molar-refractivity contribution in [1.82, 2.24) is 5.32 Å². The lowest BCUT2D eigenvalue weighted by molar-refractivity contribution is -0.119. The largest absolute Gasteiger partial charge is 0.383 e. The number of amides is 1. The summed E-state index contributed by atoms with van der Waals surface area (Å²) >= 11 is 0. The second kappa shape index (κ2) is 7.40. The Kier molecular flexibility index (Phi) is 5.87. The number of methoxy groups -OCH3 is 1. The van der Waals surface area contributed by atoms with Gasteiger partial charge < -0.3 is 15.0 Å². The zero-order valence-corrected chi connectivity index (χ0v) is 11.2. The fraction of sp³-hybridized carbons (Fsp3) is 0.385. The highest BCUT2D eigenvalue weighted by Gasteiger charge is 2.17. The number of hydrogen-bond donors (Lipinski definition) is 1. The number of likely N-dealkylation sites (N-methyl/N-ethyl adjacent to an activating group) is 1. The van der Waals surface area contributed by atoms with E-state index in [0.29, 0.717) is 13.2 Å². The molecule has 0 radical (unpaired) electrons. The van der Waals surface area contributed by atoms with Crippen molar-refractivity contribution in [2.24, 2.45) is 0 Å². The van der Waals surface area contributed by atoms with E-state index in [1.807, 2.05) is 0 Å². The molecule has 0 atom stereocenters. The van der Waals surface area contributed by atoms with Gasteiger partial charge in [-0.3, -0.25) is 4.79 Å². The fourth-order valence-corrected chi connectivity index (χ4v) is 1.57. The Morgan fingerprint density at radius 3 is 2.75 bits per heavy atom. The zero-order chi connectivity index (χ0) is 15.1. The van der Waals surface area contributed by atoms with Crippen LogP contribution >= 0.6 is 0 Å². The van der Waals surface area contributed by atoms with Crippen molar-refractivity contribution in [3.8, 4) is 6.07 Å². The normalized spacial score (nSPS) is 9.95. The lowest BCUT2D eigenvalue weighted by Gasteiger charge is -2.19. The maximum absolute atomic E-state index is 13.7. The molecule has 0 aliphatic heterocycles. The Morgan fingerprint density at radius 2 is 2.15 bits per heavy atom. The highest BCUT2D eigenvalue weighted by Crippen LogP contribution is 2.22. The van der Waals surface area contributed by atoms with E-state index < -0.39 is 11.6 Å². The van der Waals surface area contributed by atoms with Crippen LogP contribution in [-0.2, 0) is 9.53 Å². The molecule has 5 nitrogen and oxygen atoms in total. The number of ether oxygens (including phenoxy) is 1. The number of anilines is 1. The van der Waals surface area contributed by atoms with E-state index in [1.165, 1.54) is 31.2 Å². The average Bonchev–Trinajstić information content (AvgIpc) is 2.41. The van der Waals surface area contributed by atoms with E-state index >= 15 is 0 Å². The van der Waals surface area contributed by atoms with Crippen molar-refractivity contribution in [3.05, 3.63) is 29.3 Å². The Bertz CT molecular complexity index is 529. The Hall–Kier alpha value is -2.20. The molecule has 0 aromatic heterocycles. The maximum atomic E-state index is 13.7. The van der Waals surface area contributed by atoms with E-state index in [1.54, 1.807) is 6.07 Å². The van der Waals surface area contributed by atoms with Gasteiger partial charge in [0.1, 0.15) is 6.07 Å². The van der Waals surface area contributed by atoms with Crippen LogP contribution in [0.4, 0.5) is 14.5 Å². The summed E-state index contributed by atoms with van der Waals surface area (Å²) in [5, 5.41) is 11.2. The van der Waals surface area contributed by atoms with Gasteiger partial charge in [-0.1, -0.05) is 0 Å². The first-order chi connectivity index (χ1) is 9.51. The number of carbonyl (C=O) groups excluding carboxylic acids is 1. The van der Waals surface area contributed by atoms with E-state index in [9.17, 15) is 13.6 Å². The van der Waals surface area contributed by atoms with Crippen LogP contribution in [0.15, 0.2) is 12.1 Å². The van der Waals surface area contributed by atoms with Crippen LogP contribution in [0, 0.1) is 23.0 Å². The molecule has 0 saturated heterocycles. The molecule has 0 spiro atoms. The molecular weight excluding hydrogens is 268 g/mol. The predicted molar refractivity (Wildman–Crippen MR) is 69.2 cm³/mol. The molecule has 7 heteroatoms. The molecule has 1 aromatic rings. The molecule has 0 aliphatic rings. The van der Waals surface area contributed by atoms with Crippen molar-refractivity contribution in [3.63, 3.8) is 0 Å². The smallest absolute Gasteiger partial charge is 0.239 e. The first kappa shape index (κ1) is 15.9. The first-order valence-corrected chi connectivity index (χ1v) is 5.86. The Labute approximate surface area is 115 Å². The SMILES string of the molecule is COCCNC(=O)CN(C)c1ccc(C#N)c(F)c1F. The van der Waals surface area contributed by atoms with Gasteiger partial charge in [-0.05, 0) is 12.1 Å². The summed E-state index contributed by atoms with van der Waals surface area (Å²) in [6, 6.07) is 3.99. The summed E-state index contributed by atoms with van der Waals surface area (Å²) in [4.78, 5) is 12.8. The minimum Gasteiger partial charge on any atom is -0.383 e. The molecule has 0 saturated carbocycles. The van der Waals surface area contributed by atoms with Crippen molar-refractivity contribution in [1.29, 1.82) is 5.26 Å². The fourth-order valence-electron chi connectivity index (χ4n) is 1.57. The van der Waals surface area contributed by atoms with Gasteiger partial charge >= 0.3 is 0 Å². The summed E-state index contributed by atoms with van der Waals surface area (Å²) in [5.74, 6) is -2.69. The second-order valence-corrected chi connectivity index (χ2v) is 4.07. The monoisotopic (exact) mass is 283 g/mol. The minimum absolute atomic E-state index is 0.0802. The van der Waals surface area contributed by atoms with Crippen LogP contribution in [0.3, 0.4) is 0 Å². The Balaban J connectivity index is 2.73. The van der Waals surface area contributed by atoms with Gasteiger partial charge in [0.2, 0.25) is 5.91 Å². The van der Waals surface area contributed by atoms with Gasteiger partial charge in [0.15, 0.2) is 11.6 Å². The number of nitrogens with one attached hydrogen (secondary N) is 1. The third-order valence-electron chi connectivity index (χ3n) is 2.60. The van der Waals surface area contributed by atoms with Crippen LogP contribution in [0.25, 0.3) is 0 Å². The van der Waals surface area contributed by atoms with Crippen molar-refractivity contribution in [2.75, 3.05) is 38.8 Å². The predicted octanol–water partition coefficient (Wildman–Crippen LogP) is 1.04. The van der Waals surface area contributed by atoms with Crippen LogP contribution in [0.2, 0.25) is 0 Å². The van der Waals surface area contributed by atoms with E-state index in [-0.39, 0.29) is 23.7 Å². The lowest BCUT2D eigenvalue weighted by Crippen LogP contribution is -2.37. The summed E-state index contributed by atoms with van der Waals surface area (Å²) in [5.41, 5.74) is -0.451. The molecule has 1 aromatic carbocycles. The highest BCUT2D eigenvalue weighted by molar-refractivity contribution is 5.81. The van der Waals surface area contributed by atoms with E-state index in [4.69, 9.17) is 10.00 Å². The third kappa shape index (κ3) is 3.90. The molecule has 1 N–H and O–H groups in total. The summed E-state index contributed by atoms with van der Waals surface area (Å²) < 4.78 is 32.0. The van der Waals surface area contributed by atoms with Gasteiger partial charge in [0.25, 0.3) is 0 Å². The van der Waals surface area contributed by atoms with E-state index in [2.05, 4.69) is 5.32 Å². The summed E-state index contributed by atoms with van der Waals surface area (Å²) in [6.45, 7) is 0.578. The van der Waals surface area contributed by atoms with Crippen molar-refractivity contribution < 1.29 is 18.3 Å². The number of carbonyl (C=O) groups is 1. The standard InChI is InChI=1S/C13H15F2N3O2/c1-18(8-11(19)17-5-6-20-2)10-4-3-9(7-16)12(14)13(10)15/h3-4H,5-6,8H2,1-2H3,(H,17,19). The number of nitriles is 1. The molecule has 0 fully saturated rings. The number of nitrogens with zero attached hydrogens (tertiary/aromatic N) is 2. The molecular formula is C13H15F2N3O2. The minimum atomic E-state index is -1.21. The number of halogens is 2. The molecule has 0 heterocycles. The highest BCUT2D eigenvalue weighted by atomic mass is 19.2. The molecule has 20 heavy (non-hydrogen) atoms. The van der Waals surface area contributed by atoms with Crippen LogP contribution < -0.4 is 10.2 Å². The maximum Gasteiger partial charge on any atom is 0.239 e. The average molecular weight is 283 g/mol. The lowest BCUT2D eigenvalue weighted by atomic mass is 10.2. The van der Waals surface area contributed by atoms with Crippen LogP contribution in [-0.4, -0.2) is 39.8 Å². The van der Waals surface area contributed by atoms with Crippen molar-refractivity contribution in [2.45, 2.75) is 0 Å². The van der Waals surface area contributed by atoms with Crippen molar-refractivity contribution >= 4 is 11.6 Å². The third-order valence-corrected chi connectivity index (χ3v) is 2.60. The van der Waals surface area contributed by atoms with E-state index in [0.717, 1.165) is 0 Å². The Morgan fingerprint density at radius 1 is 1.45 bits per heavy atom. The molecule has 0 unspecified atom stereocenters. The zero-order valence-electron chi connectivity index (χ0n) is 11.2. The molecule has 1 amide bonds. The van der Waals surface area contributed by atoms with Crippen LogP contribution in [0.5, 0.6) is 0 Å². The van der Waals surface area contributed by atoms with Gasteiger partial charge in [-0.25, -0.2) is 8.78 Å². The number of benzene rings is 1. The quantitative estimate of drug-likeness (QED) is 0.792. The molecule has 1 rings (SSSR count). The van der Waals surface area contributed by atoms with Gasteiger partial charge in [-0.2, -0.15) is 5.26 Å². The topological polar surface area (TPSA) is 65.4 Å². The van der Waals surface area contributed by atoms with Crippen LogP contribution in [0.1, 0.15) is 5.56 Å².